The number of hydrogen-bond acceptors (Lipinski definition) is 11. The lowest BCUT2D eigenvalue weighted by atomic mass is 9.88. The number of rotatable bonds is 9. The van der Waals surface area contributed by atoms with Crippen molar-refractivity contribution in [1.29, 1.82) is 0 Å². The second kappa shape index (κ2) is 16.3. The van der Waals surface area contributed by atoms with Crippen molar-refractivity contribution in [2.24, 2.45) is 17.8 Å². The second-order valence-electron chi connectivity index (χ2n) is 17.1. The van der Waals surface area contributed by atoms with Crippen molar-refractivity contribution in [3.8, 4) is 11.6 Å². The Morgan fingerprint density at radius 2 is 1.90 bits per heavy atom. The van der Waals surface area contributed by atoms with E-state index in [-0.39, 0.29) is 54.9 Å². The van der Waals surface area contributed by atoms with Crippen molar-refractivity contribution in [3.05, 3.63) is 42.6 Å². The molecule has 3 N–H and O–H groups in total. The van der Waals surface area contributed by atoms with E-state index >= 15 is 0 Å². The molecule has 4 fully saturated rings. The monoisotopic (exact) mass is 833 g/mol. The van der Waals surface area contributed by atoms with Crippen molar-refractivity contribution >= 4 is 44.6 Å². The molecule has 5 aliphatic rings. The van der Waals surface area contributed by atoms with Crippen LogP contribution >= 0.6 is 0 Å². The number of aromatic nitrogens is 1. The number of sulfonamides is 1. The first-order chi connectivity index (χ1) is 27.6. The number of ether oxygens (including phenoxy) is 4. The Kier molecular flexibility index (Phi) is 11.7. The average molecular weight is 834 g/mol. The predicted molar refractivity (Wildman–Crippen MR) is 216 cm³/mol. The molecule has 4 heterocycles. The van der Waals surface area contributed by atoms with E-state index < -0.39 is 86.4 Å². The number of fused-ring (bicyclic) bond motifs is 3. The predicted octanol–water partition coefficient (Wildman–Crippen LogP) is 4.83. The van der Waals surface area contributed by atoms with Gasteiger partial charge in [0, 0.05) is 34.0 Å². The van der Waals surface area contributed by atoms with Gasteiger partial charge in [0.25, 0.3) is 5.91 Å². The summed E-state index contributed by atoms with van der Waals surface area (Å²) >= 11 is 0. The van der Waals surface area contributed by atoms with E-state index in [0.717, 1.165) is 11.8 Å². The molecule has 7 rings (SSSR count). The molecule has 1 aromatic heterocycles. The van der Waals surface area contributed by atoms with Crippen LogP contribution in [0.25, 0.3) is 10.8 Å². The maximum absolute atomic E-state index is 14.9. The van der Waals surface area contributed by atoms with Gasteiger partial charge in [-0.3, -0.25) is 19.1 Å². The number of hydrogen-bond donors (Lipinski definition) is 3. The number of allylic oxidation sites excluding steroid dienone is 1. The van der Waals surface area contributed by atoms with Crippen LogP contribution in [0, 0.1) is 17.8 Å². The summed E-state index contributed by atoms with van der Waals surface area (Å²) in [6.45, 7) is 5.29. The molecule has 322 valence electrons. The topological polar surface area (TPSA) is 192 Å². The average Bonchev–Trinajstić information content (AvgIpc) is 4.10. The molecule has 3 aliphatic heterocycles. The Morgan fingerprint density at radius 1 is 1.14 bits per heavy atom. The van der Waals surface area contributed by atoms with Gasteiger partial charge >= 0.3 is 6.09 Å². The number of nitrogens with zero attached hydrogens (tertiary/aromatic N) is 2. The highest BCUT2D eigenvalue weighted by Gasteiger charge is 2.64. The Balaban J connectivity index is 0.00000273. The van der Waals surface area contributed by atoms with Gasteiger partial charge in [0.05, 0.1) is 26.5 Å². The Morgan fingerprint density at radius 3 is 2.59 bits per heavy atom. The zero-order valence-corrected chi connectivity index (χ0v) is 34.3. The number of halogens is 1. The Bertz CT molecular complexity index is 2070. The minimum Gasteiger partial charge on any atom is -0.494 e. The van der Waals surface area contributed by atoms with Gasteiger partial charge in [0.1, 0.15) is 46.5 Å². The van der Waals surface area contributed by atoms with Gasteiger partial charge in [0.15, 0.2) is 0 Å². The largest absolute Gasteiger partial charge is 0.494 e. The summed E-state index contributed by atoms with van der Waals surface area (Å²) in [7, 11) is -2.86. The van der Waals surface area contributed by atoms with Crippen molar-refractivity contribution < 1.29 is 55.2 Å². The number of alkyl carbamates (subject to hydrolysis) is 1. The van der Waals surface area contributed by atoms with Crippen molar-refractivity contribution in [3.63, 3.8) is 0 Å². The highest BCUT2D eigenvalue weighted by Crippen LogP contribution is 2.48. The van der Waals surface area contributed by atoms with E-state index in [1.807, 2.05) is 43.3 Å². The first-order valence-corrected chi connectivity index (χ1v) is 21.7. The molecule has 1 aromatic carbocycles. The molecular weight excluding hydrogens is 774 g/mol. The minimum absolute atomic E-state index is 0. The van der Waals surface area contributed by atoms with Crippen LogP contribution in [0.3, 0.4) is 0 Å². The summed E-state index contributed by atoms with van der Waals surface area (Å²) in [4.78, 5) is 62.9. The van der Waals surface area contributed by atoms with E-state index in [0.29, 0.717) is 43.4 Å². The van der Waals surface area contributed by atoms with Crippen LogP contribution in [0.1, 0.15) is 82.8 Å². The van der Waals surface area contributed by atoms with Crippen LogP contribution in [0.15, 0.2) is 42.6 Å². The van der Waals surface area contributed by atoms with E-state index in [4.69, 9.17) is 18.9 Å². The number of alkyl halides is 1. The minimum atomic E-state index is -4.39. The fourth-order valence-corrected chi connectivity index (χ4v) is 10.1. The van der Waals surface area contributed by atoms with Crippen LogP contribution in [0.5, 0.6) is 11.6 Å². The standard InChI is InChI=1S/C41H54FN5O10S.3H2/c1-25-10-5-6-11-27-20-41(27,37(50)46-58(52,53)40(23-42)15-16-40)45-34(48)31-19-28(56-35-30-13-8-7-12-29(30)32(54-4)21-43-35)22-47(31)36(49)33(26(2)18-25)44-38(51)57-39(3)14-9-17-55-24-39;;;/h6-8,11-13,21,25-28,31,33H,5,9-10,14-20,22-24H2,1-4H3,(H,44,51)(H,45,48)(H,46,50);3*1H/b11-6-;;;/t25-,26+,27+,28+,31-,33?,39?,41+;;;/m0.../s1. The molecular formula is C41H60FN5O10S. The highest BCUT2D eigenvalue weighted by atomic mass is 32.2. The number of pyridine rings is 1. The van der Waals surface area contributed by atoms with E-state index in [9.17, 15) is 32.0 Å². The van der Waals surface area contributed by atoms with E-state index in [1.54, 1.807) is 6.92 Å². The van der Waals surface area contributed by atoms with Crippen molar-refractivity contribution in [2.45, 2.75) is 113 Å². The van der Waals surface area contributed by atoms with Crippen molar-refractivity contribution in [2.75, 3.05) is 33.5 Å². The summed E-state index contributed by atoms with van der Waals surface area (Å²) in [6.07, 6.45) is 7.16. The summed E-state index contributed by atoms with van der Waals surface area (Å²) in [6, 6.07) is 5.06. The third-order valence-electron chi connectivity index (χ3n) is 12.5. The fourth-order valence-electron chi connectivity index (χ4n) is 8.68. The lowest BCUT2D eigenvalue weighted by Crippen LogP contribution is -2.59. The first kappa shape index (κ1) is 41.6. The summed E-state index contributed by atoms with van der Waals surface area (Å²) in [5, 5.41) is 7.08. The zero-order chi connectivity index (χ0) is 41.5. The number of nitrogens with one attached hydrogen (secondary N) is 3. The summed E-state index contributed by atoms with van der Waals surface area (Å²) in [5.41, 5.74) is -2.55. The van der Waals surface area contributed by atoms with Crippen LogP contribution in [0.2, 0.25) is 0 Å². The molecule has 2 aromatic rings. The molecule has 0 bridgehead atoms. The summed E-state index contributed by atoms with van der Waals surface area (Å²) in [5.74, 6) is -2.24. The van der Waals surface area contributed by atoms with Crippen molar-refractivity contribution in [1.82, 2.24) is 25.2 Å². The molecule has 2 saturated heterocycles. The third-order valence-corrected chi connectivity index (χ3v) is 14.6. The molecule has 4 amide bonds. The van der Waals surface area contributed by atoms with Gasteiger partial charge in [-0.25, -0.2) is 22.6 Å². The molecule has 2 unspecified atom stereocenters. The number of carbonyl (C=O) groups is 4. The molecule has 2 aliphatic carbocycles. The fraction of sp³-hybridized carbons (Fsp3) is 0.634. The molecule has 15 nitrogen and oxygen atoms in total. The first-order valence-electron chi connectivity index (χ1n) is 20.2. The van der Waals surface area contributed by atoms with Gasteiger partial charge in [-0.1, -0.05) is 44.2 Å². The van der Waals surface area contributed by atoms with Gasteiger partial charge in [-0.15, -0.1) is 0 Å². The molecule has 8 atom stereocenters. The maximum Gasteiger partial charge on any atom is 0.408 e. The summed E-state index contributed by atoms with van der Waals surface area (Å²) < 4.78 is 64.2. The normalized spacial score (nSPS) is 32.9. The maximum atomic E-state index is 14.9. The Hall–Kier alpha value is -4.51. The number of amides is 4. The van der Waals surface area contributed by atoms with Gasteiger partial charge in [0.2, 0.25) is 27.7 Å². The van der Waals surface area contributed by atoms with Gasteiger partial charge in [-0.05, 0) is 76.2 Å². The lowest BCUT2D eigenvalue weighted by Gasteiger charge is -2.35. The lowest BCUT2D eigenvalue weighted by molar-refractivity contribution is -0.142. The van der Waals surface area contributed by atoms with E-state index in [2.05, 4.69) is 27.3 Å². The van der Waals surface area contributed by atoms with Crippen LogP contribution in [-0.4, -0.2) is 110 Å². The molecule has 17 heteroatoms. The number of benzene rings is 1. The third kappa shape index (κ3) is 8.34. The molecule has 58 heavy (non-hydrogen) atoms. The van der Waals surface area contributed by atoms with Crippen LogP contribution in [-0.2, 0) is 33.9 Å². The second-order valence-corrected chi connectivity index (χ2v) is 19.2. The number of methoxy groups -OCH3 is 1. The Labute approximate surface area is 342 Å². The highest BCUT2D eigenvalue weighted by molar-refractivity contribution is 7.91. The quantitative estimate of drug-likeness (QED) is 0.294. The van der Waals surface area contributed by atoms with Crippen LogP contribution in [0.4, 0.5) is 9.18 Å². The molecule has 0 spiro atoms. The van der Waals surface area contributed by atoms with Crippen LogP contribution < -0.4 is 24.8 Å². The molecule has 2 saturated carbocycles. The molecule has 0 radical (unpaired) electrons. The zero-order valence-electron chi connectivity index (χ0n) is 33.5. The van der Waals surface area contributed by atoms with Gasteiger partial charge in [-0.2, -0.15) is 0 Å². The number of carbonyl (C=O) groups excluding carboxylic acids is 4. The SMILES string of the molecule is COc1cnc(O[C@@H]2C[C@H]3C(=O)N[C@]4(C(=O)NS(=O)(=O)C5(CF)CC5)C[C@H]4/C=C\CC[C@H](C)C[C@@H](C)C(NC(=O)OC4(C)CCCOC4)C(=O)N3C2)c2ccccc12.[HH].[HH].[HH]. The van der Waals surface area contributed by atoms with E-state index in [1.165, 1.54) is 18.2 Å². The smallest absolute Gasteiger partial charge is 0.408 e. The van der Waals surface area contributed by atoms with Gasteiger partial charge < -0.3 is 34.5 Å².